The first-order chi connectivity index (χ1) is 16.7. The second-order valence-electron chi connectivity index (χ2n) is 10.9. The number of rotatable bonds is 10. The zero-order chi connectivity index (χ0) is 23.8. The Morgan fingerprint density at radius 2 is 1.41 bits per heavy atom. The van der Waals surface area contributed by atoms with E-state index in [0.717, 1.165) is 48.2 Å². The largest absolute Gasteiger partial charge is 0.294 e. The lowest BCUT2D eigenvalue weighted by Gasteiger charge is -2.35. The van der Waals surface area contributed by atoms with Crippen molar-refractivity contribution in [3.8, 4) is 11.1 Å². The number of carbonyl (C=O) groups is 1. The van der Waals surface area contributed by atoms with Crippen molar-refractivity contribution in [3.63, 3.8) is 0 Å². The number of hydrogen-bond donors (Lipinski definition) is 0. The van der Waals surface area contributed by atoms with Gasteiger partial charge in [0.05, 0.1) is 0 Å². The number of unbranched alkanes of at least 4 members (excludes halogenated alkanes) is 1. The predicted molar refractivity (Wildman–Crippen MR) is 145 cm³/mol. The van der Waals surface area contributed by atoms with E-state index in [4.69, 9.17) is 0 Å². The van der Waals surface area contributed by atoms with Crippen molar-refractivity contribution < 1.29 is 4.79 Å². The fraction of sp³-hybridized carbons (Fsp3) is 0.545. The van der Waals surface area contributed by atoms with Crippen molar-refractivity contribution in [1.29, 1.82) is 0 Å². The average molecular weight is 457 g/mol. The van der Waals surface area contributed by atoms with Gasteiger partial charge in [0.1, 0.15) is 0 Å². The summed E-state index contributed by atoms with van der Waals surface area (Å²) in [5, 5.41) is 0. The molecule has 1 heteroatoms. The Balaban J connectivity index is 1.27. The highest BCUT2D eigenvalue weighted by Crippen LogP contribution is 2.40. The van der Waals surface area contributed by atoms with Crippen LogP contribution in [0.5, 0.6) is 0 Å². The van der Waals surface area contributed by atoms with Crippen LogP contribution in [0.2, 0.25) is 0 Å². The molecule has 182 valence electrons. The number of Topliss-reactive ketones (excluding diaryl/α,β-unsaturated/α-hetero) is 1. The molecule has 0 aliphatic heterocycles. The summed E-state index contributed by atoms with van der Waals surface area (Å²) in [6.07, 6.45) is 18.3. The molecule has 0 aromatic heterocycles. The monoisotopic (exact) mass is 456 g/mol. The highest BCUT2D eigenvalue weighted by atomic mass is 16.1. The lowest BCUT2D eigenvalue weighted by atomic mass is 9.70. The van der Waals surface area contributed by atoms with E-state index < -0.39 is 0 Å². The first-order valence-corrected chi connectivity index (χ1v) is 14.1. The van der Waals surface area contributed by atoms with Gasteiger partial charge in [-0.2, -0.15) is 0 Å². The molecule has 1 nitrogen and oxygen atoms in total. The SMILES string of the molecule is CCCCc1ccc(-c2ccc(CC(=O)C3=CCC(C4CCC(CCC)CC4)CC3)cc2)cc1. The van der Waals surface area contributed by atoms with E-state index in [2.05, 4.69) is 68.5 Å². The van der Waals surface area contributed by atoms with Gasteiger partial charge < -0.3 is 0 Å². The Labute approximate surface area is 208 Å². The van der Waals surface area contributed by atoms with Crippen LogP contribution in [-0.4, -0.2) is 5.78 Å². The molecule has 2 aliphatic rings. The minimum atomic E-state index is 0.332. The number of carbonyl (C=O) groups excluding carboxylic acids is 1. The molecule has 0 N–H and O–H groups in total. The lowest BCUT2D eigenvalue weighted by molar-refractivity contribution is -0.115. The Hall–Kier alpha value is -2.15. The molecule has 2 aromatic rings. The topological polar surface area (TPSA) is 17.1 Å². The van der Waals surface area contributed by atoms with Gasteiger partial charge in [-0.25, -0.2) is 0 Å². The molecule has 34 heavy (non-hydrogen) atoms. The molecule has 4 rings (SSSR count). The third-order valence-electron chi connectivity index (χ3n) is 8.49. The van der Waals surface area contributed by atoms with Crippen LogP contribution < -0.4 is 0 Å². The van der Waals surface area contributed by atoms with Crippen LogP contribution >= 0.6 is 0 Å². The molecule has 1 atom stereocenters. The molecule has 1 unspecified atom stereocenters. The third kappa shape index (κ3) is 6.71. The van der Waals surface area contributed by atoms with E-state index in [1.807, 2.05) is 0 Å². The van der Waals surface area contributed by atoms with Crippen molar-refractivity contribution in [2.75, 3.05) is 0 Å². The van der Waals surface area contributed by atoms with E-state index in [9.17, 15) is 4.79 Å². The van der Waals surface area contributed by atoms with Crippen LogP contribution in [0.4, 0.5) is 0 Å². The summed E-state index contributed by atoms with van der Waals surface area (Å²) in [6.45, 7) is 4.56. The summed E-state index contributed by atoms with van der Waals surface area (Å²) in [5.41, 5.74) is 6.11. The first-order valence-electron chi connectivity index (χ1n) is 14.1. The Bertz CT molecular complexity index is 926. The van der Waals surface area contributed by atoms with Gasteiger partial charge in [-0.3, -0.25) is 4.79 Å². The van der Waals surface area contributed by atoms with Crippen LogP contribution in [0.1, 0.15) is 95.6 Å². The van der Waals surface area contributed by atoms with Crippen LogP contribution in [-0.2, 0) is 17.6 Å². The van der Waals surface area contributed by atoms with Crippen molar-refractivity contribution >= 4 is 5.78 Å². The van der Waals surface area contributed by atoms with Crippen molar-refractivity contribution in [3.05, 3.63) is 71.3 Å². The maximum atomic E-state index is 13.0. The molecule has 1 saturated carbocycles. The molecule has 0 radical (unpaired) electrons. The van der Waals surface area contributed by atoms with Crippen molar-refractivity contribution in [1.82, 2.24) is 0 Å². The number of hydrogen-bond acceptors (Lipinski definition) is 1. The van der Waals surface area contributed by atoms with Gasteiger partial charge in [0.15, 0.2) is 5.78 Å². The van der Waals surface area contributed by atoms with Gasteiger partial charge in [0.25, 0.3) is 0 Å². The van der Waals surface area contributed by atoms with Crippen LogP contribution in [0.3, 0.4) is 0 Å². The van der Waals surface area contributed by atoms with Crippen molar-refractivity contribution in [2.24, 2.45) is 17.8 Å². The quantitative estimate of drug-likeness (QED) is 0.348. The number of allylic oxidation sites excluding steroid dienone is 2. The maximum Gasteiger partial charge on any atom is 0.162 e. The molecular formula is C33H44O. The van der Waals surface area contributed by atoms with Crippen LogP contribution in [0.15, 0.2) is 60.2 Å². The standard InChI is InChI=1S/C33H44O/c1-3-5-7-26-10-16-28(17-11-26)30-18-12-27(13-19-30)24-33(34)32-22-20-31(21-23-32)29-14-8-25(6-4-2)9-15-29/h10-13,16-19,22,25,29,31H,3-9,14-15,20-21,23-24H2,1-2H3. The van der Waals surface area contributed by atoms with E-state index in [0.29, 0.717) is 12.2 Å². The fourth-order valence-corrected chi connectivity index (χ4v) is 6.25. The molecule has 0 spiro atoms. The molecule has 2 aliphatic carbocycles. The zero-order valence-corrected chi connectivity index (χ0v) is 21.5. The lowest BCUT2D eigenvalue weighted by Crippen LogP contribution is -2.24. The first kappa shape index (κ1) is 25.0. The molecule has 0 heterocycles. The Morgan fingerprint density at radius 1 is 0.765 bits per heavy atom. The van der Waals surface area contributed by atoms with E-state index in [-0.39, 0.29) is 0 Å². The molecular weight excluding hydrogens is 412 g/mol. The fourth-order valence-electron chi connectivity index (χ4n) is 6.25. The minimum Gasteiger partial charge on any atom is -0.294 e. The van der Waals surface area contributed by atoms with E-state index in [1.54, 1.807) is 0 Å². The van der Waals surface area contributed by atoms with Gasteiger partial charge in [0, 0.05) is 6.42 Å². The molecule has 0 saturated heterocycles. The second-order valence-corrected chi connectivity index (χ2v) is 10.9. The highest BCUT2D eigenvalue weighted by molar-refractivity contribution is 5.97. The van der Waals surface area contributed by atoms with E-state index in [1.165, 1.54) is 74.5 Å². The average Bonchev–Trinajstić information content (AvgIpc) is 2.89. The van der Waals surface area contributed by atoms with Gasteiger partial charge in [-0.15, -0.1) is 0 Å². The van der Waals surface area contributed by atoms with Crippen LogP contribution in [0.25, 0.3) is 11.1 Å². The number of benzene rings is 2. The summed E-state index contributed by atoms with van der Waals surface area (Å²) in [5.74, 6) is 3.02. The normalized spacial score (nSPS) is 22.9. The van der Waals surface area contributed by atoms with Crippen molar-refractivity contribution in [2.45, 2.75) is 97.3 Å². The molecule has 1 fully saturated rings. The molecule has 0 amide bonds. The summed E-state index contributed by atoms with van der Waals surface area (Å²) >= 11 is 0. The summed E-state index contributed by atoms with van der Waals surface area (Å²) in [6, 6.07) is 17.6. The molecule has 0 bridgehead atoms. The van der Waals surface area contributed by atoms with Gasteiger partial charge >= 0.3 is 0 Å². The predicted octanol–water partition coefficient (Wildman–Crippen LogP) is 9.14. The third-order valence-corrected chi connectivity index (χ3v) is 8.49. The number of ketones is 1. The van der Waals surface area contributed by atoms with Gasteiger partial charge in [-0.05, 0) is 90.5 Å². The highest BCUT2D eigenvalue weighted by Gasteiger charge is 2.29. The summed E-state index contributed by atoms with van der Waals surface area (Å²) in [7, 11) is 0. The maximum absolute atomic E-state index is 13.0. The van der Waals surface area contributed by atoms with Crippen LogP contribution in [0, 0.1) is 17.8 Å². The summed E-state index contributed by atoms with van der Waals surface area (Å²) in [4.78, 5) is 13.0. The Morgan fingerprint density at radius 3 is 1.97 bits per heavy atom. The second kappa shape index (κ2) is 12.5. The van der Waals surface area contributed by atoms with Gasteiger partial charge in [0.2, 0.25) is 0 Å². The Kier molecular flexibility index (Phi) is 9.19. The van der Waals surface area contributed by atoms with Gasteiger partial charge in [-0.1, -0.05) is 101 Å². The number of aryl methyl sites for hydroxylation is 1. The summed E-state index contributed by atoms with van der Waals surface area (Å²) < 4.78 is 0. The molecule has 2 aromatic carbocycles. The smallest absolute Gasteiger partial charge is 0.162 e. The van der Waals surface area contributed by atoms with E-state index >= 15 is 0 Å². The minimum absolute atomic E-state index is 0.332. The zero-order valence-electron chi connectivity index (χ0n) is 21.5.